The third-order valence-corrected chi connectivity index (χ3v) is 4.79. The van der Waals surface area contributed by atoms with Gasteiger partial charge < -0.3 is 19.9 Å². The summed E-state index contributed by atoms with van der Waals surface area (Å²) in [6, 6.07) is 9.78. The molecule has 174 valence electrons. The van der Waals surface area contributed by atoms with Gasteiger partial charge in [-0.2, -0.15) is 13.2 Å². The fourth-order valence-corrected chi connectivity index (χ4v) is 3.20. The van der Waals surface area contributed by atoms with Crippen LogP contribution in [-0.4, -0.2) is 41.3 Å². The maximum Gasteiger partial charge on any atom is 0.416 e. The van der Waals surface area contributed by atoms with Crippen molar-refractivity contribution in [1.29, 1.82) is 0 Å². The molecule has 0 fully saturated rings. The van der Waals surface area contributed by atoms with E-state index in [4.69, 9.17) is 9.47 Å². The van der Waals surface area contributed by atoms with Gasteiger partial charge in [-0.1, -0.05) is 12.1 Å². The second-order valence-electron chi connectivity index (χ2n) is 6.94. The van der Waals surface area contributed by atoms with Crippen molar-refractivity contribution in [3.05, 3.63) is 65.5 Å². The first kappa shape index (κ1) is 23.8. The summed E-state index contributed by atoms with van der Waals surface area (Å²) in [5, 5.41) is 12.4. The van der Waals surface area contributed by atoms with Gasteiger partial charge in [0.15, 0.2) is 0 Å². The lowest BCUT2D eigenvalue weighted by molar-refractivity contribution is -0.137. The highest BCUT2D eigenvalue weighted by molar-refractivity contribution is 5.91. The Balaban J connectivity index is 1.73. The van der Waals surface area contributed by atoms with Crippen LogP contribution in [0, 0.1) is 0 Å². The van der Waals surface area contributed by atoms with Gasteiger partial charge in [-0.3, -0.25) is 0 Å². The van der Waals surface area contributed by atoms with E-state index in [9.17, 15) is 23.1 Å². The number of aromatic nitrogens is 2. The highest BCUT2D eigenvalue weighted by Crippen LogP contribution is 2.33. The summed E-state index contributed by atoms with van der Waals surface area (Å²) >= 11 is 0. The molecule has 0 atom stereocenters. The summed E-state index contributed by atoms with van der Waals surface area (Å²) < 4.78 is 49.2. The number of carboxylic acid groups (broad SMARTS) is 1. The molecule has 3 rings (SSSR count). The van der Waals surface area contributed by atoms with E-state index in [0.29, 0.717) is 42.2 Å². The summed E-state index contributed by atoms with van der Waals surface area (Å²) in [6.07, 6.45) is -2.67. The smallest absolute Gasteiger partial charge is 0.416 e. The van der Waals surface area contributed by atoms with E-state index < -0.39 is 17.7 Å². The van der Waals surface area contributed by atoms with Gasteiger partial charge in [0.1, 0.15) is 29.2 Å². The fourth-order valence-electron chi connectivity index (χ4n) is 3.20. The Morgan fingerprint density at radius 1 is 1.09 bits per heavy atom. The van der Waals surface area contributed by atoms with Crippen LogP contribution in [0.15, 0.2) is 48.8 Å². The van der Waals surface area contributed by atoms with E-state index in [1.165, 1.54) is 25.6 Å². The minimum atomic E-state index is -4.44. The zero-order valence-corrected chi connectivity index (χ0v) is 17.9. The molecular weight excluding hydrogens is 439 g/mol. The number of ether oxygens (including phenoxy) is 2. The van der Waals surface area contributed by atoms with Gasteiger partial charge in [-0.25, -0.2) is 14.8 Å². The number of rotatable bonds is 9. The number of carbonyl (C=O) groups is 1. The molecule has 1 aromatic heterocycles. The number of carboxylic acids is 1. The number of alkyl halides is 3. The topological polar surface area (TPSA) is 93.6 Å². The third kappa shape index (κ3) is 5.91. The third-order valence-electron chi connectivity index (χ3n) is 4.79. The number of methoxy groups -OCH3 is 1. The van der Waals surface area contributed by atoms with Crippen LogP contribution in [0.2, 0.25) is 0 Å². The molecule has 3 aromatic rings. The average Bonchev–Trinajstić information content (AvgIpc) is 2.78. The lowest BCUT2D eigenvalue weighted by Crippen LogP contribution is -2.09. The largest absolute Gasteiger partial charge is 0.496 e. The highest BCUT2D eigenvalue weighted by Gasteiger charge is 2.31. The van der Waals surface area contributed by atoms with Gasteiger partial charge >= 0.3 is 12.1 Å². The Hall–Kier alpha value is -3.82. The second kappa shape index (κ2) is 10.2. The monoisotopic (exact) mass is 461 g/mol. The summed E-state index contributed by atoms with van der Waals surface area (Å²) in [7, 11) is 1.33. The normalized spacial score (nSPS) is 11.2. The number of hydrogen-bond donors (Lipinski definition) is 2. The molecule has 33 heavy (non-hydrogen) atoms. The molecule has 2 N–H and O–H groups in total. The molecule has 1 heterocycles. The first-order valence-corrected chi connectivity index (χ1v) is 10.0. The number of halogens is 3. The van der Waals surface area contributed by atoms with Crippen molar-refractivity contribution in [1.82, 2.24) is 9.97 Å². The zero-order valence-electron chi connectivity index (χ0n) is 17.9. The van der Waals surface area contributed by atoms with Crippen molar-refractivity contribution in [2.45, 2.75) is 19.5 Å². The van der Waals surface area contributed by atoms with E-state index in [1.807, 2.05) is 0 Å². The first-order valence-electron chi connectivity index (χ1n) is 10.0. The molecule has 7 nitrogen and oxygen atoms in total. The average molecular weight is 461 g/mol. The SMILES string of the molecule is CCOc1cc(-c2cc(NCCc3ccc(C(F)(F)F)cc3OC)ncn2)ccc1C(=O)O. The Morgan fingerprint density at radius 3 is 2.55 bits per heavy atom. The molecule has 2 aromatic carbocycles. The molecule has 0 aliphatic carbocycles. The standard InChI is InChI=1S/C23H22F3N3O4/c1-3-33-20-10-15(5-7-17(20)22(30)31)18-12-21(29-13-28-18)27-9-8-14-4-6-16(23(24,25)26)11-19(14)32-2/h4-7,10-13H,3,8-9H2,1-2H3,(H,30,31)(H,27,28,29). The van der Waals surface area contributed by atoms with Crippen molar-refractivity contribution in [2.24, 2.45) is 0 Å². The second-order valence-corrected chi connectivity index (χ2v) is 6.94. The van der Waals surface area contributed by atoms with Crippen molar-refractivity contribution in [3.63, 3.8) is 0 Å². The molecule has 0 saturated carbocycles. The molecule has 0 spiro atoms. The quantitative estimate of drug-likeness (QED) is 0.467. The minimum Gasteiger partial charge on any atom is -0.496 e. The van der Waals surface area contributed by atoms with Crippen molar-refractivity contribution in [2.75, 3.05) is 25.6 Å². The van der Waals surface area contributed by atoms with E-state index in [-0.39, 0.29) is 17.1 Å². The molecule has 0 aliphatic rings. The van der Waals surface area contributed by atoms with Crippen molar-refractivity contribution >= 4 is 11.8 Å². The molecule has 0 radical (unpaired) electrons. The van der Waals surface area contributed by atoms with Crippen LogP contribution in [0.25, 0.3) is 11.3 Å². The number of nitrogens with zero attached hydrogens (tertiary/aromatic N) is 2. The van der Waals surface area contributed by atoms with Crippen LogP contribution in [0.5, 0.6) is 11.5 Å². The van der Waals surface area contributed by atoms with E-state index >= 15 is 0 Å². The highest BCUT2D eigenvalue weighted by atomic mass is 19.4. The van der Waals surface area contributed by atoms with Crippen LogP contribution in [0.3, 0.4) is 0 Å². The molecule has 0 amide bonds. The number of anilines is 1. The van der Waals surface area contributed by atoms with Gasteiger partial charge in [-0.05, 0) is 43.2 Å². The van der Waals surface area contributed by atoms with Gasteiger partial charge in [0.05, 0.1) is 25.0 Å². The molecular formula is C23H22F3N3O4. The first-order chi connectivity index (χ1) is 15.7. The number of aromatic carboxylic acids is 1. The van der Waals surface area contributed by atoms with Crippen LogP contribution in [0.4, 0.5) is 19.0 Å². The van der Waals surface area contributed by atoms with Gasteiger partial charge in [-0.15, -0.1) is 0 Å². The Morgan fingerprint density at radius 2 is 1.88 bits per heavy atom. The fraction of sp³-hybridized carbons (Fsp3) is 0.261. The molecule has 10 heteroatoms. The summed E-state index contributed by atoms with van der Waals surface area (Å²) in [6.45, 7) is 2.46. The summed E-state index contributed by atoms with van der Waals surface area (Å²) in [5.74, 6) is -0.179. The van der Waals surface area contributed by atoms with Gasteiger partial charge in [0, 0.05) is 18.2 Å². The number of hydrogen-bond acceptors (Lipinski definition) is 6. The summed E-state index contributed by atoms with van der Waals surface area (Å²) in [4.78, 5) is 19.8. The minimum absolute atomic E-state index is 0.0542. The predicted molar refractivity (Wildman–Crippen MR) is 116 cm³/mol. The summed E-state index contributed by atoms with van der Waals surface area (Å²) in [5.41, 5.74) is 1.11. The number of benzene rings is 2. The van der Waals surface area contributed by atoms with Crippen LogP contribution in [-0.2, 0) is 12.6 Å². The van der Waals surface area contributed by atoms with Crippen LogP contribution < -0.4 is 14.8 Å². The molecule has 0 saturated heterocycles. The lowest BCUT2D eigenvalue weighted by atomic mass is 10.1. The predicted octanol–water partition coefficient (Wildman–Crippen LogP) is 4.92. The molecule has 0 aliphatic heterocycles. The van der Waals surface area contributed by atoms with Gasteiger partial charge in [0.25, 0.3) is 0 Å². The van der Waals surface area contributed by atoms with Crippen LogP contribution in [0.1, 0.15) is 28.4 Å². The Bertz CT molecular complexity index is 1140. The maximum atomic E-state index is 12.9. The van der Waals surface area contributed by atoms with Crippen LogP contribution >= 0.6 is 0 Å². The Kier molecular flexibility index (Phi) is 7.37. The van der Waals surface area contributed by atoms with E-state index in [1.54, 1.807) is 25.1 Å². The maximum absolute atomic E-state index is 12.9. The van der Waals surface area contributed by atoms with E-state index in [0.717, 1.165) is 12.1 Å². The Labute approximate surface area is 188 Å². The zero-order chi connectivity index (χ0) is 24.0. The van der Waals surface area contributed by atoms with Gasteiger partial charge in [0.2, 0.25) is 0 Å². The lowest BCUT2D eigenvalue weighted by Gasteiger charge is -2.13. The molecule has 0 bridgehead atoms. The van der Waals surface area contributed by atoms with Crippen molar-refractivity contribution in [3.8, 4) is 22.8 Å². The van der Waals surface area contributed by atoms with Crippen molar-refractivity contribution < 1.29 is 32.5 Å². The molecule has 0 unspecified atom stereocenters. The van der Waals surface area contributed by atoms with E-state index in [2.05, 4.69) is 15.3 Å². The number of nitrogens with one attached hydrogen (secondary N) is 1.